The Labute approximate surface area is 126 Å². The first kappa shape index (κ1) is 15.8. The normalized spacial score (nSPS) is 18.9. The molecular formula is C12H15BrCl2N2O. The standard InChI is InChI=1S/C12H14BrClN2O.ClH/c13-10-6-9(3-4-11(10)14)16-12(17)8-2-1-5-15-7-8;/h3-4,6,8,15H,1-2,5,7H2,(H,16,17);1H. The Bertz CT molecular complexity index is 423. The van der Waals surface area contributed by atoms with Crippen LogP contribution in [0.4, 0.5) is 5.69 Å². The van der Waals surface area contributed by atoms with Gasteiger partial charge in [0.1, 0.15) is 0 Å². The average molecular weight is 354 g/mol. The number of carbonyl (C=O) groups is 1. The molecule has 18 heavy (non-hydrogen) atoms. The summed E-state index contributed by atoms with van der Waals surface area (Å²) in [5.74, 6) is 0.143. The van der Waals surface area contributed by atoms with Crippen molar-refractivity contribution in [2.24, 2.45) is 5.92 Å². The maximum Gasteiger partial charge on any atom is 0.228 e. The van der Waals surface area contributed by atoms with Gasteiger partial charge in [-0.15, -0.1) is 12.4 Å². The fourth-order valence-electron chi connectivity index (χ4n) is 1.89. The molecule has 1 aliphatic heterocycles. The predicted octanol–water partition coefficient (Wildman–Crippen LogP) is 3.46. The number of halogens is 3. The average Bonchev–Trinajstić information content (AvgIpc) is 2.35. The minimum atomic E-state index is 0. The smallest absolute Gasteiger partial charge is 0.228 e. The molecule has 1 aromatic carbocycles. The Hall–Kier alpha value is -0.290. The van der Waals surface area contributed by atoms with E-state index in [-0.39, 0.29) is 24.2 Å². The van der Waals surface area contributed by atoms with Gasteiger partial charge in [0.2, 0.25) is 5.91 Å². The fourth-order valence-corrected chi connectivity index (χ4v) is 2.39. The van der Waals surface area contributed by atoms with Crippen molar-refractivity contribution >= 4 is 51.5 Å². The maximum absolute atomic E-state index is 12.0. The van der Waals surface area contributed by atoms with Gasteiger partial charge in [0.15, 0.2) is 0 Å². The van der Waals surface area contributed by atoms with E-state index in [0.29, 0.717) is 5.02 Å². The first-order valence-corrected chi connectivity index (χ1v) is 6.80. The number of amides is 1. The number of piperidine rings is 1. The number of hydrogen-bond donors (Lipinski definition) is 2. The SMILES string of the molecule is Cl.O=C(Nc1ccc(Cl)c(Br)c1)C1CCCNC1. The number of nitrogens with one attached hydrogen (secondary N) is 2. The molecule has 1 aliphatic rings. The summed E-state index contributed by atoms with van der Waals surface area (Å²) in [4.78, 5) is 12.0. The molecule has 2 rings (SSSR count). The van der Waals surface area contributed by atoms with Crippen LogP contribution in [-0.2, 0) is 4.79 Å². The Morgan fingerprint density at radius 1 is 1.50 bits per heavy atom. The molecule has 100 valence electrons. The van der Waals surface area contributed by atoms with Gasteiger partial charge in [0.25, 0.3) is 0 Å². The summed E-state index contributed by atoms with van der Waals surface area (Å²) in [6, 6.07) is 5.39. The van der Waals surface area contributed by atoms with Crippen LogP contribution in [-0.4, -0.2) is 19.0 Å². The molecule has 1 atom stereocenters. The van der Waals surface area contributed by atoms with Crippen LogP contribution < -0.4 is 10.6 Å². The van der Waals surface area contributed by atoms with Crippen LogP contribution in [0.15, 0.2) is 22.7 Å². The molecular weight excluding hydrogens is 339 g/mol. The zero-order chi connectivity index (χ0) is 12.3. The lowest BCUT2D eigenvalue weighted by Crippen LogP contribution is -2.37. The van der Waals surface area contributed by atoms with Gasteiger partial charge in [-0.2, -0.15) is 0 Å². The summed E-state index contributed by atoms with van der Waals surface area (Å²) in [7, 11) is 0. The van der Waals surface area contributed by atoms with E-state index >= 15 is 0 Å². The molecule has 1 heterocycles. The van der Waals surface area contributed by atoms with Gasteiger partial charge in [0, 0.05) is 16.7 Å². The van der Waals surface area contributed by atoms with Crippen LogP contribution in [0.5, 0.6) is 0 Å². The van der Waals surface area contributed by atoms with Gasteiger partial charge in [0.05, 0.1) is 10.9 Å². The Morgan fingerprint density at radius 2 is 2.28 bits per heavy atom. The van der Waals surface area contributed by atoms with Crippen molar-refractivity contribution in [1.29, 1.82) is 0 Å². The third-order valence-electron chi connectivity index (χ3n) is 2.85. The minimum absolute atomic E-state index is 0. The highest BCUT2D eigenvalue weighted by Crippen LogP contribution is 2.26. The van der Waals surface area contributed by atoms with E-state index < -0.39 is 0 Å². The molecule has 0 radical (unpaired) electrons. The minimum Gasteiger partial charge on any atom is -0.326 e. The number of carbonyl (C=O) groups excluding carboxylic acids is 1. The highest BCUT2D eigenvalue weighted by atomic mass is 79.9. The van der Waals surface area contributed by atoms with Gasteiger partial charge in [-0.3, -0.25) is 4.79 Å². The van der Waals surface area contributed by atoms with E-state index in [0.717, 1.165) is 36.1 Å². The highest BCUT2D eigenvalue weighted by Gasteiger charge is 2.20. The summed E-state index contributed by atoms with van der Waals surface area (Å²) in [5, 5.41) is 6.78. The molecule has 1 fully saturated rings. The van der Waals surface area contributed by atoms with E-state index in [9.17, 15) is 4.79 Å². The van der Waals surface area contributed by atoms with Gasteiger partial charge in [-0.05, 0) is 53.5 Å². The quantitative estimate of drug-likeness (QED) is 0.854. The topological polar surface area (TPSA) is 41.1 Å². The van der Waals surface area contributed by atoms with E-state index in [2.05, 4.69) is 26.6 Å². The van der Waals surface area contributed by atoms with Gasteiger partial charge >= 0.3 is 0 Å². The molecule has 0 aromatic heterocycles. The first-order chi connectivity index (χ1) is 8.16. The van der Waals surface area contributed by atoms with E-state index in [1.165, 1.54) is 0 Å². The van der Waals surface area contributed by atoms with Crippen LogP contribution in [0.3, 0.4) is 0 Å². The molecule has 1 unspecified atom stereocenters. The first-order valence-electron chi connectivity index (χ1n) is 5.63. The molecule has 0 spiro atoms. The Kier molecular flexibility index (Phi) is 6.43. The van der Waals surface area contributed by atoms with Crippen LogP contribution in [0.25, 0.3) is 0 Å². The summed E-state index contributed by atoms with van der Waals surface area (Å²) < 4.78 is 0.790. The molecule has 0 aliphatic carbocycles. The summed E-state index contributed by atoms with van der Waals surface area (Å²) in [6.45, 7) is 1.77. The van der Waals surface area contributed by atoms with Crippen molar-refractivity contribution in [3.05, 3.63) is 27.7 Å². The zero-order valence-electron chi connectivity index (χ0n) is 9.71. The molecule has 1 saturated heterocycles. The van der Waals surface area contributed by atoms with Crippen LogP contribution in [0, 0.1) is 5.92 Å². The highest BCUT2D eigenvalue weighted by molar-refractivity contribution is 9.10. The van der Waals surface area contributed by atoms with Gasteiger partial charge in [-0.1, -0.05) is 11.6 Å². The number of hydrogen-bond acceptors (Lipinski definition) is 2. The third kappa shape index (κ3) is 4.12. The number of rotatable bonds is 2. The van der Waals surface area contributed by atoms with Crippen molar-refractivity contribution < 1.29 is 4.79 Å². The molecule has 3 nitrogen and oxygen atoms in total. The Morgan fingerprint density at radius 3 is 2.89 bits per heavy atom. The molecule has 0 saturated carbocycles. The lowest BCUT2D eigenvalue weighted by atomic mass is 9.99. The monoisotopic (exact) mass is 352 g/mol. The van der Waals surface area contributed by atoms with Crippen LogP contribution in [0.2, 0.25) is 5.02 Å². The summed E-state index contributed by atoms with van der Waals surface area (Å²) in [5.41, 5.74) is 0.775. The molecule has 1 aromatic rings. The number of anilines is 1. The lowest BCUT2D eigenvalue weighted by Gasteiger charge is -2.21. The molecule has 2 N–H and O–H groups in total. The maximum atomic E-state index is 12.0. The third-order valence-corrected chi connectivity index (χ3v) is 4.07. The van der Waals surface area contributed by atoms with Crippen molar-refractivity contribution in [3.63, 3.8) is 0 Å². The number of benzene rings is 1. The van der Waals surface area contributed by atoms with Crippen LogP contribution >= 0.6 is 39.9 Å². The fraction of sp³-hybridized carbons (Fsp3) is 0.417. The Balaban J connectivity index is 0.00000162. The lowest BCUT2D eigenvalue weighted by molar-refractivity contribution is -0.120. The largest absolute Gasteiger partial charge is 0.326 e. The molecule has 6 heteroatoms. The molecule has 0 bridgehead atoms. The second kappa shape index (κ2) is 7.34. The summed E-state index contributed by atoms with van der Waals surface area (Å²) >= 11 is 9.23. The molecule has 1 amide bonds. The van der Waals surface area contributed by atoms with Crippen molar-refractivity contribution in [2.75, 3.05) is 18.4 Å². The van der Waals surface area contributed by atoms with Crippen molar-refractivity contribution in [1.82, 2.24) is 5.32 Å². The van der Waals surface area contributed by atoms with Gasteiger partial charge in [-0.25, -0.2) is 0 Å². The predicted molar refractivity (Wildman–Crippen MR) is 80.6 cm³/mol. The van der Waals surface area contributed by atoms with Crippen LogP contribution in [0.1, 0.15) is 12.8 Å². The van der Waals surface area contributed by atoms with E-state index in [1.807, 2.05) is 6.07 Å². The summed E-state index contributed by atoms with van der Waals surface area (Å²) in [6.07, 6.45) is 2.01. The van der Waals surface area contributed by atoms with Crippen molar-refractivity contribution in [2.45, 2.75) is 12.8 Å². The second-order valence-corrected chi connectivity index (χ2v) is 5.42. The van der Waals surface area contributed by atoms with E-state index in [1.54, 1.807) is 12.1 Å². The second-order valence-electron chi connectivity index (χ2n) is 4.16. The van der Waals surface area contributed by atoms with Gasteiger partial charge < -0.3 is 10.6 Å². The van der Waals surface area contributed by atoms with Crippen molar-refractivity contribution in [3.8, 4) is 0 Å². The zero-order valence-corrected chi connectivity index (χ0v) is 12.9. The van der Waals surface area contributed by atoms with E-state index in [4.69, 9.17) is 11.6 Å².